The summed E-state index contributed by atoms with van der Waals surface area (Å²) in [5.74, 6) is -1.47. The van der Waals surface area contributed by atoms with Crippen LogP contribution in [0.5, 0.6) is 0 Å². The Morgan fingerprint density at radius 2 is 2.00 bits per heavy atom. The number of nitro groups is 1. The number of alkyl halides is 1. The summed E-state index contributed by atoms with van der Waals surface area (Å²) in [6.45, 7) is 0. The van der Waals surface area contributed by atoms with Crippen LogP contribution in [0.2, 0.25) is 0 Å². The standard InChI is InChI=1S/C16H11F2N3O3/c1-20-13-6-5-11(21(23)24)8-12(13)14(19-15(18)16(20)22)9-3-2-4-10(17)7-9/h2-8,15H,1H3. The van der Waals surface area contributed by atoms with Crippen molar-refractivity contribution in [2.24, 2.45) is 4.99 Å². The Balaban J connectivity index is 2.29. The molecular formula is C16H11F2N3O3. The Kier molecular flexibility index (Phi) is 3.80. The second kappa shape index (κ2) is 5.80. The van der Waals surface area contributed by atoms with E-state index in [-0.39, 0.29) is 28.2 Å². The zero-order valence-electron chi connectivity index (χ0n) is 12.4. The summed E-state index contributed by atoms with van der Waals surface area (Å²) < 4.78 is 27.7. The molecule has 2 aromatic rings. The average molecular weight is 331 g/mol. The van der Waals surface area contributed by atoms with Crippen LogP contribution < -0.4 is 4.90 Å². The van der Waals surface area contributed by atoms with E-state index < -0.39 is 22.9 Å². The predicted molar refractivity (Wildman–Crippen MR) is 83.4 cm³/mol. The van der Waals surface area contributed by atoms with E-state index in [1.165, 1.54) is 43.4 Å². The fraction of sp³-hybridized carbons (Fsp3) is 0.125. The van der Waals surface area contributed by atoms with Gasteiger partial charge in [0.05, 0.1) is 16.3 Å². The van der Waals surface area contributed by atoms with Gasteiger partial charge >= 0.3 is 0 Å². The molecule has 0 saturated carbocycles. The normalized spacial score (nSPS) is 17.1. The zero-order chi connectivity index (χ0) is 17.4. The van der Waals surface area contributed by atoms with E-state index in [2.05, 4.69) is 4.99 Å². The minimum Gasteiger partial charge on any atom is -0.311 e. The molecule has 3 rings (SSSR count). The molecule has 1 amide bonds. The third-order valence-electron chi connectivity index (χ3n) is 3.68. The molecule has 6 nitrogen and oxygen atoms in total. The van der Waals surface area contributed by atoms with Crippen LogP contribution in [0.25, 0.3) is 0 Å². The lowest BCUT2D eigenvalue weighted by Gasteiger charge is -2.18. The number of non-ortho nitro benzene ring substituents is 1. The number of anilines is 1. The van der Waals surface area contributed by atoms with Crippen molar-refractivity contribution in [3.05, 3.63) is 69.5 Å². The van der Waals surface area contributed by atoms with Crippen molar-refractivity contribution in [3.8, 4) is 0 Å². The van der Waals surface area contributed by atoms with Crippen LogP contribution in [0.1, 0.15) is 11.1 Å². The minimum absolute atomic E-state index is 0.0154. The first-order chi connectivity index (χ1) is 11.4. The van der Waals surface area contributed by atoms with Crippen molar-refractivity contribution in [2.45, 2.75) is 6.30 Å². The number of benzodiazepines with no additional fused rings is 1. The lowest BCUT2D eigenvalue weighted by Crippen LogP contribution is -2.32. The molecule has 0 radical (unpaired) electrons. The molecule has 0 saturated heterocycles. The molecule has 8 heteroatoms. The van der Waals surface area contributed by atoms with Gasteiger partial charge in [-0.05, 0) is 18.2 Å². The lowest BCUT2D eigenvalue weighted by molar-refractivity contribution is -0.384. The van der Waals surface area contributed by atoms with E-state index in [9.17, 15) is 23.7 Å². The summed E-state index contributed by atoms with van der Waals surface area (Å²) in [5.41, 5.74) is 0.413. The maximum atomic E-state index is 14.1. The average Bonchev–Trinajstić information content (AvgIpc) is 2.65. The first-order valence-corrected chi connectivity index (χ1v) is 6.92. The van der Waals surface area contributed by atoms with Crippen molar-refractivity contribution in [1.29, 1.82) is 0 Å². The fourth-order valence-electron chi connectivity index (χ4n) is 2.50. The molecule has 0 aliphatic carbocycles. The molecule has 0 spiro atoms. The molecule has 0 bridgehead atoms. The van der Waals surface area contributed by atoms with Gasteiger partial charge in [-0.25, -0.2) is 13.8 Å². The summed E-state index contributed by atoms with van der Waals surface area (Å²) in [6, 6.07) is 8.99. The van der Waals surface area contributed by atoms with Crippen molar-refractivity contribution in [2.75, 3.05) is 11.9 Å². The highest BCUT2D eigenvalue weighted by molar-refractivity contribution is 6.20. The number of hydrogen-bond acceptors (Lipinski definition) is 4. The molecular weight excluding hydrogens is 320 g/mol. The Hall–Kier alpha value is -3.16. The molecule has 1 aliphatic rings. The number of halogens is 2. The van der Waals surface area contributed by atoms with Crippen LogP contribution in [-0.2, 0) is 4.79 Å². The molecule has 122 valence electrons. The predicted octanol–water partition coefficient (Wildman–Crippen LogP) is 2.84. The Labute approximate surface area is 135 Å². The summed E-state index contributed by atoms with van der Waals surface area (Å²) in [6.07, 6.45) is -2.18. The number of likely N-dealkylation sites (N-methyl/N-ethyl adjacent to an activating group) is 1. The Morgan fingerprint density at radius 1 is 1.25 bits per heavy atom. The largest absolute Gasteiger partial charge is 0.311 e. The molecule has 1 heterocycles. The second-order valence-corrected chi connectivity index (χ2v) is 5.18. The van der Waals surface area contributed by atoms with Crippen LogP contribution in [0, 0.1) is 15.9 Å². The highest BCUT2D eigenvalue weighted by atomic mass is 19.1. The van der Waals surface area contributed by atoms with Gasteiger partial charge in [0.25, 0.3) is 17.9 Å². The van der Waals surface area contributed by atoms with Crippen LogP contribution >= 0.6 is 0 Å². The maximum Gasteiger partial charge on any atom is 0.284 e. The van der Waals surface area contributed by atoms with Crippen LogP contribution in [-0.4, -0.2) is 29.9 Å². The monoisotopic (exact) mass is 331 g/mol. The van der Waals surface area contributed by atoms with Crippen molar-refractivity contribution < 1.29 is 18.5 Å². The maximum absolute atomic E-state index is 14.1. The van der Waals surface area contributed by atoms with Crippen LogP contribution in [0.15, 0.2) is 47.5 Å². The summed E-state index contributed by atoms with van der Waals surface area (Å²) in [4.78, 5) is 27.2. The molecule has 0 fully saturated rings. The molecule has 1 aliphatic heterocycles. The van der Waals surface area contributed by atoms with E-state index in [0.717, 1.165) is 11.0 Å². The number of aliphatic imine (C=N–C) groups is 1. The van der Waals surface area contributed by atoms with Gasteiger partial charge in [-0.2, -0.15) is 0 Å². The van der Waals surface area contributed by atoms with Gasteiger partial charge in [0, 0.05) is 30.3 Å². The van der Waals surface area contributed by atoms with Gasteiger partial charge < -0.3 is 4.90 Å². The number of carbonyl (C=O) groups is 1. The second-order valence-electron chi connectivity index (χ2n) is 5.18. The fourth-order valence-corrected chi connectivity index (χ4v) is 2.50. The quantitative estimate of drug-likeness (QED) is 0.482. The van der Waals surface area contributed by atoms with Crippen molar-refractivity contribution in [3.63, 3.8) is 0 Å². The topological polar surface area (TPSA) is 75.8 Å². The van der Waals surface area contributed by atoms with Gasteiger partial charge in [0.1, 0.15) is 5.82 Å². The smallest absolute Gasteiger partial charge is 0.284 e. The summed E-state index contributed by atoms with van der Waals surface area (Å²) >= 11 is 0. The summed E-state index contributed by atoms with van der Waals surface area (Å²) in [5, 5.41) is 11.0. The number of rotatable bonds is 2. The molecule has 1 unspecified atom stereocenters. The van der Waals surface area contributed by atoms with E-state index in [4.69, 9.17) is 0 Å². The third kappa shape index (κ3) is 2.62. The van der Waals surface area contributed by atoms with Gasteiger partial charge in [-0.15, -0.1) is 0 Å². The van der Waals surface area contributed by atoms with E-state index >= 15 is 0 Å². The van der Waals surface area contributed by atoms with Gasteiger partial charge in [0.15, 0.2) is 0 Å². The first kappa shape index (κ1) is 15.7. The van der Waals surface area contributed by atoms with Crippen LogP contribution in [0.4, 0.5) is 20.2 Å². The molecule has 1 atom stereocenters. The number of nitro benzene ring substituents is 1. The zero-order valence-corrected chi connectivity index (χ0v) is 12.4. The van der Waals surface area contributed by atoms with E-state index in [0.29, 0.717) is 0 Å². The highest BCUT2D eigenvalue weighted by Gasteiger charge is 2.31. The SMILES string of the molecule is CN1C(=O)C(F)N=C(c2cccc(F)c2)c2cc([N+](=O)[O-])ccc21. The molecule has 2 aromatic carbocycles. The number of hydrogen-bond donors (Lipinski definition) is 0. The number of amides is 1. The summed E-state index contributed by atoms with van der Waals surface area (Å²) in [7, 11) is 1.35. The number of fused-ring (bicyclic) bond motifs is 1. The van der Waals surface area contributed by atoms with Crippen LogP contribution in [0.3, 0.4) is 0 Å². The van der Waals surface area contributed by atoms with E-state index in [1.807, 2.05) is 0 Å². The third-order valence-corrected chi connectivity index (χ3v) is 3.68. The highest BCUT2D eigenvalue weighted by Crippen LogP contribution is 2.31. The number of nitrogens with zero attached hydrogens (tertiary/aromatic N) is 3. The molecule has 0 N–H and O–H groups in total. The number of carbonyl (C=O) groups excluding carboxylic acids is 1. The Bertz CT molecular complexity index is 883. The molecule has 0 aromatic heterocycles. The lowest BCUT2D eigenvalue weighted by atomic mass is 9.99. The van der Waals surface area contributed by atoms with E-state index in [1.54, 1.807) is 0 Å². The first-order valence-electron chi connectivity index (χ1n) is 6.92. The van der Waals surface area contributed by atoms with Gasteiger partial charge in [0.2, 0.25) is 0 Å². The van der Waals surface area contributed by atoms with Crippen molar-refractivity contribution in [1.82, 2.24) is 0 Å². The number of benzene rings is 2. The molecule has 24 heavy (non-hydrogen) atoms. The van der Waals surface area contributed by atoms with Gasteiger partial charge in [-0.3, -0.25) is 14.9 Å². The Morgan fingerprint density at radius 3 is 2.67 bits per heavy atom. The minimum atomic E-state index is -2.18. The van der Waals surface area contributed by atoms with Gasteiger partial charge in [-0.1, -0.05) is 12.1 Å². The van der Waals surface area contributed by atoms with Crippen molar-refractivity contribution >= 4 is 23.0 Å².